The largest absolute Gasteiger partial charge is 0.304 e. The maximum atomic E-state index is 11.2. The Hall–Kier alpha value is -0.620. The first kappa shape index (κ1) is 11.9. The van der Waals surface area contributed by atoms with Crippen LogP contribution in [0.1, 0.15) is 12.5 Å². The van der Waals surface area contributed by atoms with Gasteiger partial charge >= 0.3 is 10.1 Å². The Kier molecular flexibility index (Phi) is 2.96. The average Bonchev–Trinajstić information content (AvgIpc) is 2.54. The molecule has 6 heteroatoms. The van der Waals surface area contributed by atoms with Crippen LogP contribution >= 0.6 is 22.9 Å². The highest BCUT2D eigenvalue weighted by molar-refractivity contribution is 7.88. The third kappa shape index (κ3) is 1.96. The van der Waals surface area contributed by atoms with Crippen LogP contribution in [0.2, 0.25) is 5.02 Å². The Labute approximate surface area is 102 Å². The van der Waals surface area contributed by atoms with Crippen molar-refractivity contribution < 1.29 is 13.0 Å². The molecule has 0 unspecified atom stereocenters. The van der Waals surface area contributed by atoms with Crippen molar-refractivity contribution in [2.75, 3.05) is 0 Å². The minimum atomic E-state index is -4.14. The molecule has 1 aromatic heterocycles. The molecule has 0 spiro atoms. The molecule has 2 aromatic rings. The molecule has 0 atom stereocenters. The van der Waals surface area contributed by atoms with Crippen LogP contribution in [-0.4, -0.2) is 13.0 Å². The number of hydrogen-bond donors (Lipinski definition) is 1. The summed E-state index contributed by atoms with van der Waals surface area (Å²) < 4.78 is 32.4. The molecule has 86 valence electrons. The molecule has 16 heavy (non-hydrogen) atoms. The Balaban J connectivity index is 2.88. The third-order valence-corrected chi connectivity index (χ3v) is 5.14. The minimum absolute atomic E-state index is 0.0206. The van der Waals surface area contributed by atoms with E-state index >= 15 is 0 Å². The van der Waals surface area contributed by atoms with Gasteiger partial charge in [-0.3, -0.25) is 4.55 Å². The van der Waals surface area contributed by atoms with Crippen LogP contribution in [0.5, 0.6) is 0 Å². The lowest BCUT2D eigenvalue weighted by Crippen LogP contribution is -1.98. The van der Waals surface area contributed by atoms with Gasteiger partial charge in [0.05, 0.1) is 0 Å². The number of benzene rings is 1. The molecule has 2 rings (SSSR count). The molecular formula is C10H9ClO3S2. The van der Waals surface area contributed by atoms with Crippen LogP contribution in [0.4, 0.5) is 0 Å². The fourth-order valence-corrected chi connectivity index (χ4v) is 4.08. The van der Waals surface area contributed by atoms with Gasteiger partial charge in [-0.25, -0.2) is 0 Å². The quantitative estimate of drug-likeness (QED) is 0.856. The van der Waals surface area contributed by atoms with E-state index in [1.165, 1.54) is 0 Å². The van der Waals surface area contributed by atoms with E-state index in [-0.39, 0.29) is 4.21 Å². The summed E-state index contributed by atoms with van der Waals surface area (Å²) in [6.07, 6.45) is 0.537. The lowest BCUT2D eigenvalue weighted by Gasteiger charge is -1.97. The Bertz CT molecular complexity index is 643. The number of rotatable bonds is 2. The first-order chi connectivity index (χ1) is 7.43. The Morgan fingerprint density at radius 1 is 1.44 bits per heavy atom. The predicted molar refractivity (Wildman–Crippen MR) is 66.0 cm³/mol. The average molecular weight is 277 g/mol. The second-order valence-electron chi connectivity index (χ2n) is 3.34. The zero-order chi connectivity index (χ0) is 11.9. The molecule has 1 heterocycles. The van der Waals surface area contributed by atoms with Crippen molar-refractivity contribution in [3.05, 3.63) is 28.8 Å². The summed E-state index contributed by atoms with van der Waals surface area (Å²) in [6.45, 7) is 1.84. The molecule has 0 radical (unpaired) electrons. The van der Waals surface area contributed by atoms with Crippen molar-refractivity contribution in [3.8, 4) is 0 Å². The summed E-state index contributed by atoms with van der Waals surface area (Å²) in [5.74, 6) is 0. The minimum Gasteiger partial charge on any atom is -0.281 e. The monoisotopic (exact) mass is 276 g/mol. The molecule has 3 nitrogen and oxygen atoms in total. The molecule has 0 amide bonds. The SMILES string of the molecule is CCc1c(S(=O)(=O)O)sc2ccc(Cl)cc12. The van der Waals surface area contributed by atoms with Crippen LogP contribution < -0.4 is 0 Å². The highest BCUT2D eigenvalue weighted by Crippen LogP contribution is 2.36. The molecule has 0 saturated carbocycles. The van der Waals surface area contributed by atoms with Gasteiger partial charge in [-0.1, -0.05) is 18.5 Å². The van der Waals surface area contributed by atoms with E-state index in [0.717, 1.165) is 21.4 Å². The topological polar surface area (TPSA) is 54.4 Å². The van der Waals surface area contributed by atoms with E-state index in [9.17, 15) is 8.42 Å². The first-order valence-electron chi connectivity index (χ1n) is 4.62. The molecule has 0 aliphatic rings. The number of fused-ring (bicyclic) bond motifs is 1. The van der Waals surface area contributed by atoms with E-state index in [0.29, 0.717) is 17.0 Å². The van der Waals surface area contributed by atoms with Crippen LogP contribution in [-0.2, 0) is 16.5 Å². The van der Waals surface area contributed by atoms with Crippen LogP contribution in [0.3, 0.4) is 0 Å². The van der Waals surface area contributed by atoms with E-state index in [1.54, 1.807) is 18.2 Å². The number of hydrogen-bond acceptors (Lipinski definition) is 3. The number of halogens is 1. The van der Waals surface area contributed by atoms with Crippen molar-refractivity contribution in [2.45, 2.75) is 17.6 Å². The van der Waals surface area contributed by atoms with Crippen LogP contribution in [0.15, 0.2) is 22.4 Å². The van der Waals surface area contributed by atoms with Gasteiger partial charge in [0.1, 0.15) is 0 Å². The van der Waals surface area contributed by atoms with E-state index in [1.807, 2.05) is 6.92 Å². The number of aryl methyl sites for hydroxylation is 1. The smallest absolute Gasteiger partial charge is 0.281 e. The zero-order valence-electron chi connectivity index (χ0n) is 8.40. The predicted octanol–water partition coefficient (Wildman–Crippen LogP) is 3.36. The van der Waals surface area contributed by atoms with Gasteiger partial charge in [0.25, 0.3) is 0 Å². The molecule has 0 saturated heterocycles. The van der Waals surface area contributed by atoms with Crippen molar-refractivity contribution >= 4 is 43.1 Å². The second-order valence-corrected chi connectivity index (χ2v) is 6.44. The van der Waals surface area contributed by atoms with Gasteiger partial charge in [0.15, 0.2) is 4.21 Å². The summed E-state index contributed by atoms with van der Waals surface area (Å²) in [5.41, 5.74) is 0.630. The van der Waals surface area contributed by atoms with Crippen molar-refractivity contribution in [2.24, 2.45) is 0 Å². The molecule has 0 aliphatic heterocycles. The molecule has 1 N–H and O–H groups in total. The zero-order valence-corrected chi connectivity index (χ0v) is 10.8. The highest BCUT2D eigenvalue weighted by atomic mass is 35.5. The molecule has 0 aliphatic carbocycles. The molecule has 0 bridgehead atoms. The van der Waals surface area contributed by atoms with Crippen LogP contribution in [0, 0.1) is 0 Å². The third-order valence-electron chi connectivity index (χ3n) is 2.30. The highest BCUT2D eigenvalue weighted by Gasteiger charge is 2.20. The van der Waals surface area contributed by atoms with Crippen molar-refractivity contribution in [3.63, 3.8) is 0 Å². The molecule has 1 aromatic carbocycles. The van der Waals surface area contributed by atoms with Gasteiger partial charge in [0.2, 0.25) is 0 Å². The maximum Gasteiger partial charge on any atom is 0.304 e. The number of thiophene rings is 1. The van der Waals surface area contributed by atoms with Gasteiger partial charge < -0.3 is 0 Å². The fourth-order valence-electron chi connectivity index (χ4n) is 1.64. The molecular weight excluding hydrogens is 268 g/mol. The summed E-state index contributed by atoms with van der Waals surface area (Å²) in [5, 5.41) is 1.36. The molecule has 0 fully saturated rings. The van der Waals surface area contributed by atoms with Crippen LogP contribution in [0.25, 0.3) is 10.1 Å². The van der Waals surface area contributed by atoms with E-state index in [4.69, 9.17) is 16.2 Å². The van der Waals surface area contributed by atoms with Crippen molar-refractivity contribution in [1.82, 2.24) is 0 Å². The lowest BCUT2D eigenvalue weighted by molar-refractivity contribution is 0.485. The lowest BCUT2D eigenvalue weighted by atomic mass is 10.1. The van der Waals surface area contributed by atoms with Gasteiger partial charge in [-0.2, -0.15) is 8.42 Å². The Morgan fingerprint density at radius 2 is 2.12 bits per heavy atom. The van der Waals surface area contributed by atoms with Gasteiger partial charge in [-0.05, 0) is 35.6 Å². The standard InChI is InChI=1S/C10H9ClO3S2/c1-2-7-8-5-6(11)3-4-9(8)15-10(7)16(12,13)14/h3-5H,2H2,1H3,(H,12,13,14). The fraction of sp³-hybridized carbons (Fsp3) is 0.200. The summed E-state index contributed by atoms with van der Waals surface area (Å²) in [4.78, 5) is 0. The summed E-state index contributed by atoms with van der Waals surface area (Å²) in [7, 11) is -4.14. The van der Waals surface area contributed by atoms with E-state index < -0.39 is 10.1 Å². The maximum absolute atomic E-state index is 11.2. The van der Waals surface area contributed by atoms with Gasteiger partial charge in [-0.15, -0.1) is 11.3 Å². The van der Waals surface area contributed by atoms with Gasteiger partial charge in [0, 0.05) is 9.72 Å². The normalized spacial score (nSPS) is 12.2. The second kappa shape index (κ2) is 4.00. The summed E-state index contributed by atoms with van der Waals surface area (Å²) >= 11 is 6.93. The first-order valence-corrected chi connectivity index (χ1v) is 7.25. The van der Waals surface area contributed by atoms with E-state index in [2.05, 4.69) is 0 Å². The Morgan fingerprint density at radius 3 is 2.69 bits per heavy atom. The summed E-state index contributed by atoms with van der Waals surface area (Å²) in [6, 6.07) is 5.19. The van der Waals surface area contributed by atoms with Crippen molar-refractivity contribution in [1.29, 1.82) is 0 Å².